The summed E-state index contributed by atoms with van der Waals surface area (Å²) in [6.45, 7) is 0.551. The van der Waals surface area contributed by atoms with Gasteiger partial charge in [0.2, 0.25) is 5.91 Å². The van der Waals surface area contributed by atoms with Crippen LogP contribution in [0, 0.1) is 5.82 Å². The molecule has 0 bridgehead atoms. The van der Waals surface area contributed by atoms with Crippen molar-refractivity contribution in [2.75, 3.05) is 25.1 Å². The number of nitrogens with one attached hydrogen (secondary N) is 1. The highest BCUT2D eigenvalue weighted by Gasteiger charge is 2.32. The SMILES string of the molecule is COc1cccc(N2CC(CNC(=O)Cc3ccc(F)cc3)OC2=O)c1. The van der Waals surface area contributed by atoms with Crippen molar-refractivity contribution >= 4 is 17.7 Å². The molecule has 7 heteroatoms. The summed E-state index contributed by atoms with van der Waals surface area (Å²) in [6.07, 6.45) is -0.762. The molecule has 0 radical (unpaired) electrons. The van der Waals surface area contributed by atoms with Crippen LogP contribution in [0.4, 0.5) is 14.9 Å². The second-order valence-corrected chi connectivity index (χ2v) is 5.93. The average molecular weight is 358 g/mol. The Morgan fingerprint density at radius 1 is 1.31 bits per heavy atom. The predicted octanol–water partition coefficient (Wildman–Crippen LogP) is 2.52. The Balaban J connectivity index is 1.52. The van der Waals surface area contributed by atoms with Gasteiger partial charge < -0.3 is 14.8 Å². The molecule has 1 atom stereocenters. The number of benzene rings is 2. The summed E-state index contributed by atoms with van der Waals surface area (Å²) in [5, 5.41) is 2.74. The number of ether oxygens (including phenoxy) is 2. The number of hydrogen-bond acceptors (Lipinski definition) is 4. The van der Waals surface area contributed by atoms with Crippen LogP contribution in [-0.4, -0.2) is 38.3 Å². The summed E-state index contributed by atoms with van der Waals surface area (Å²) in [5.74, 6) is 0.0866. The highest BCUT2D eigenvalue weighted by Crippen LogP contribution is 2.25. The van der Waals surface area contributed by atoms with Gasteiger partial charge >= 0.3 is 6.09 Å². The Labute approximate surface area is 150 Å². The van der Waals surface area contributed by atoms with Gasteiger partial charge in [0.15, 0.2) is 0 Å². The van der Waals surface area contributed by atoms with Gasteiger partial charge in [-0.15, -0.1) is 0 Å². The van der Waals surface area contributed by atoms with Crippen molar-refractivity contribution in [3.8, 4) is 5.75 Å². The van der Waals surface area contributed by atoms with E-state index in [0.717, 1.165) is 0 Å². The maximum absolute atomic E-state index is 12.9. The van der Waals surface area contributed by atoms with E-state index in [1.807, 2.05) is 0 Å². The second kappa shape index (κ2) is 7.86. The Morgan fingerprint density at radius 3 is 2.81 bits per heavy atom. The number of methoxy groups -OCH3 is 1. The molecule has 1 aliphatic heterocycles. The van der Waals surface area contributed by atoms with Gasteiger partial charge in [0.25, 0.3) is 0 Å². The number of nitrogens with zero attached hydrogens (tertiary/aromatic N) is 1. The lowest BCUT2D eigenvalue weighted by Crippen LogP contribution is -2.35. The molecule has 136 valence electrons. The zero-order valence-electron chi connectivity index (χ0n) is 14.3. The average Bonchev–Trinajstić information content (AvgIpc) is 3.03. The molecule has 2 amide bonds. The minimum Gasteiger partial charge on any atom is -0.497 e. The van der Waals surface area contributed by atoms with Crippen molar-refractivity contribution in [2.45, 2.75) is 12.5 Å². The summed E-state index contributed by atoms with van der Waals surface area (Å²) in [7, 11) is 1.56. The van der Waals surface area contributed by atoms with E-state index in [0.29, 0.717) is 23.5 Å². The molecule has 0 aromatic heterocycles. The molecule has 0 saturated carbocycles. The molecule has 1 saturated heterocycles. The third kappa shape index (κ3) is 4.30. The van der Waals surface area contributed by atoms with Crippen LogP contribution in [-0.2, 0) is 16.0 Å². The van der Waals surface area contributed by atoms with Crippen molar-refractivity contribution in [2.24, 2.45) is 0 Å². The second-order valence-electron chi connectivity index (χ2n) is 5.93. The highest BCUT2D eigenvalue weighted by atomic mass is 19.1. The topological polar surface area (TPSA) is 67.9 Å². The monoisotopic (exact) mass is 358 g/mol. The molecular weight excluding hydrogens is 339 g/mol. The summed E-state index contributed by atoms with van der Waals surface area (Å²) in [4.78, 5) is 25.6. The Morgan fingerprint density at radius 2 is 2.08 bits per heavy atom. The maximum atomic E-state index is 12.9. The normalized spacial score (nSPS) is 16.3. The van der Waals surface area contributed by atoms with E-state index >= 15 is 0 Å². The molecule has 1 aliphatic rings. The van der Waals surface area contributed by atoms with E-state index in [4.69, 9.17) is 9.47 Å². The number of carbonyl (C=O) groups excluding carboxylic acids is 2. The van der Waals surface area contributed by atoms with E-state index < -0.39 is 12.2 Å². The molecule has 1 heterocycles. The third-order valence-corrected chi connectivity index (χ3v) is 4.04. The smallest absolute Gasteiger partial charge is 0.414 e. The van der Waals surface area contributed by atoms with Gasteiger partial charge in [0.1, 0.15) is 17.7 Å². The molecule has 0 aliphatic carbocycles. The first-order chi connectivity index (χ1) is 12.5. The fraction of sp³-hybridized carbons (Fsp3) is 0.263. The van der Waals surface area contributed by atoms with Crippen LogP contribution in [0.5, 0.6) is 5.75 Å². The minimum atomic E-state index is -0.462. The van der Waals surface area contributed by atoms with Crippen molar-refractivity contribution in [3.05, 3.63) is 59.9 Å². The van der Waals surface area contributed by atoms with E-state index in [1.54, 1.807) is 43.5 Å². The standard InChI is InChI=1S/C19H19FN2O4/c1-25-16-4-2-3-15(10-16)22-12-17(26-19(22)24)11-21-18(23)9-13-5-7-14(20)8-6-13/h2-8,10,17H,9,11-12H2,1H3,(H,21,23). The van der Waals surface area contributed by atoms with Crippen LogP contribution < -0.4 is 15.0 Å². The molecule has 1 unspecified atom stereocenters. The van der Waals surface area contributed by atoms with Crippen LogP contribution in [0.1, 0.15) is 5.56 Å². The molecule has 1 fully saturated rings. The lowest BCUT2D eigenvalue weighted by Gasteiger charge is -2.14. The minimum absolute atomic E-state index is 0.139. The van der Waals surface area contributed by atoms with Gasteiger partial charge in [-0.3, -0.25) is 9.69 Å². The number of cyclic esters (lactones) is 1. The van der Waals surface area contributed by atoms with Gasteiger partial charge in [0.05, 0.1) is 32.3 Å². The van der Waals surface area contributed by atoms with Crippen LogP contribution in [0.15, 0.2) is 48.5 Å². The summed E-state index contributed by atoms with van der Waals surface area (Å²) in [6, 6.07) is 12.9. The number of halogens is 1. The summed E-state index contributed by atoms with van der Waals surface area (Å²) < 4.78 is 23.3. The molecular formula is C19H19FN2O4. The maximum Gasteiger partial charge on any atom is 0.414 e. The van der Waals surface area contributed by atoms with Crippen LogP contribution in [0.2, 0.25) is 0 Å². The first-order valence-corrected chi connectivity index (χ1v) is 8.18. The summed E-state index contributed by atoms with van der Waals surface area (Å²) in [5.41, 5.74) is 1.39. The lowest BCUT2D eigenvalue weighted by atomic mass is 10.1. The van der Waals surface area contributed by atoms with E-state index in [-0.39, 0.29) is 24.7 Å². The number of rotatable bonds is 6. The number of anilines is 1. The van der Waals surface area contributed by atoms with Gasteiger partial charge in [0, 0.05) is 6.07 Å². The highest BCUT2D eigenvalue weighted by molar-refractivity contribution is 5.90. The largest absolute Gasteiger partial charge is 0.497 e. The van der Waals surface area contributed by atoms with Crippen molar-refractivity contribution in [3.63, 3.8) is 0 Å². The van der Waals surface area contributed by atoms with E-state index in [1.165, 1.54) is 17.0 Å². The Hall–Kier alpha value is -3.09. The summed E-state index contributed by atoms with van der Waals surface area (Å²) >= 11 is 0. The van der Waals surface area contributed by atoms with Crippen LogP contribution >= 0.6 is 0 Å². The van der Waals surface area contributed by atoms with Crippen molar-refractivity contribution < 1.29 is 23.5 Å². The van der Waals surface area contributed by atoms with E-state index in [9.17, 15) is 14.0 Å². The first kappa shape index (κ1) is 17.7. The fourth-order valence-electron chi connectivity index (χ4n) is 2.69. The molecule has 26 heavy (non-hydrogen) atoms. The number of hydrogen-bond donors (Lipinski definition) is 1. The quantitative estimate of drug-likeness (QED) is 0.862. The zero-order chi connectivity index (χ0) is 18.5. The van der Waals surface area contributed by atoms with Crippen LogP contribution in [0.3, 0.4) is 0 Å². The fourth-order valence-corrected chi connectivity index (χ4v) is 2.69. The number of amides is 2. The van der Waals surface area contributed by atoms with Crippen molar-refractivity contribution in [1.82, 2.24) is 5.32 Å². The molecule has 6 nitrogen and oxygen atoms in total. The first-order valence-electron chi connectivity index (χ1n) is 8.18. The van der Waals surface area contributed by atoms with Crippen LogP contribution in [0.25, 0.3) is 0 Å². The predicted molar refractivity (Wildman–Crippen MR) is 93.7 cm³/mol. The van der Waals surface area contributed by atoms with Gasteiger partial charge in [-0.25, -0.2) is 9.18 Å². The van der Waals surface area contributed by atoms with Crippen molar-refractivity contribution in [1.29, 1.82) is 0 Å². The third-order valence-electron chi connectivity index (χ3n) is 4.04. The number of carbonyl (C=O) groups is 2. The van der Waals surface area contributed by atoms with E-state index in [2.05, 4.69) is 5.32 Å². The van der Waals surface area contributed by atoms with Gasteiger partial charge in [-0.1, -0.05) is 18.2 Å². The lowest BCUT2D eigenvalue weighted by molar-refractivity contribution is -0.120. The van der Waals surface area contributed by atoms with Gasteiger partial charge in [-0.2, -0.15) is 0 Å². The van der Waals surface area contributed by atoms with Gasteiger partial charge in [-0.05, 0) is 29.8 Å². The molecule has 3 rings (SSSR count). The molecule has 1 N–H and O–H groups in total. The molecule has 2 aromatic rings. The Bertz CT molecular complexity index is 794. The Kier molecular flexibility index (Phi) is 5.36. The molecule has 2 aromatic carbocycles. The molecule has 0 spiro atoms. The zero-order valence-corrected chi connectivity index (χ0v) is 14.3.